The molecule has 2 aromatic rings. The lowest BCUT2D eigenvalue weighted by Gasteiger charge is -2.01. The summed E-state index contributed by atoms with van der Waals surface area (Å²) in [5, 5.41) is 0. The molecule has 0 unspecified atom stereocenters. The number of nitrogens with one attached hydrogen (secondary N) is 1. The van der Waals surface area contributed by atoms with Crippen LogP contribution >= 0.6 is 0 Å². The van der Waals surface area contributed by atoms with E-state index in [0.29, 0.717) is 0 Å². The quantitative estimate of drug-likeness (QED) is 0.573. The highest BCUT2D eigenvalue weighted by atomic mass is 16.3. The standard InChI is InChI=1S/C11H12N2O/c12-13-10-5-3-9(4-6-10)8-11-2-1-7-14-11/h1-7,13H,8,12H2. The van der Waals surface area contributed by atoms with Gasteiger partial charge in [-0.2, -0.15) is 0 Å². The first-order valence-electron chi connectivity index (χ1n) is 4.46. The van der Waals surface area contributed by atoms with Crippen molar-refractivity contribution in [1.29, 1.82) is 0 Å². The Bertz CT molecular complexity index is 378. The molecular weight excluding hydrogens is 176 g/mol. The molecule has 0 aliphatic rings. The predicted molar refractivity (Wildman–Crippen MR) is 55.8 cm³/mol. The number of hydrazine groups is 1. The van der Waals surface area contributed by atoms with Crippen molar-refractivity contribution in [2.75, 3.05) is 5.43 Å². The van der Waals surface area contributed by atoms with Gasteiger partial charge >= 0.3 is 0 Å². The molecule has 3 heteroatoms. The molecule has 3 N–H and O–H groups in total. The minimum absolute atomic E-state index is 0.817. The molecule has 0 fully saturated rings. The van der Waals surface area contributed by atoms with Crippen LogP contribution in [0.15, 0.2) is 47.1 Å². The van der Waals surface area contributed by atoms with Gasteiger partial charge in [0.05, 0.1) is 6.26 Å². The zero-order valence-corrected chi connectivity index (χ0v) is 7.73. The van der Waals surface area contributed by atoms with Crippen LogP contribution in [0.25, 0.3) is 0 Å². The van der Waals surface area contributed by atoms with Crippen molar-refractivity contribution in [3.05, 3.63) is 54.0 Å². The van der Waals surface area contributed by atoms with E-state index in [1.807, 2.05) is 36.4 Å². The largest absolute Gasteiger partial charge is 0.469 e. The average Bonchev–Trinajstić information content (AvgIpc) is 2.72. The normalized spacial score (nSPS) is 10.1. The van der Waals surface area contributed by atoms with Crippen LogP contribution in [-0.4, -0.2) is 0 Å². The molecule has 1 heterocycles. The number of furan rings is 1. The third-order valence-electron chi connectivity index (χ3n) is 2.08. The summed E-state index contributed by atoms with van der Waals surface area (Å²) < 4.78 is 5.25. The highest BCUT2D eigenvalue weighted by Crippen LogP contribution is 2.12. The van der Waals surface area contributed by atoms with E-state index in [1.54, 1.807) is 6.26 Å². The Morgan fingerprint density at radius 1 is 1.14 bits per heavy atom. The van der Waals surface area contributed by atoms with Crippen LogP contribution in [0.5, 0.6) is 0 Å². The van der Waals surface area contributed by atoms with Crippen LogP contribution in [0.2, 0.25) is 0 Å². The maximum Gasteiger partial charge on any atom is 0.108 e. The van der Waals surface area contributed by atoms with Gasteiger partial charge in [0.1, 0.15) is 5.76 Å². The van der Waals surface area contributed by atoms with Gasteiger partial charge in [0.15, 0.2) is 0 Å². The zero-order chi connectivity index (χ0) is 9.80. The van der Waals surface area contributed by atoms with Gasteiger partial charge < -0.3 is 9.84 Å². The molecular formula is C11H12N2O. The number of nitrogen functional groups attached to an aromatic ring is 1. The molecule has 0 aliphatic heterocycles. The molecule has 1 aromatic carbocycles. The molecule has 0 saturated heterocycles. The monoisotopic (exact) mass is 188 g/mol. The molecule has 3 nitrogen and oxygen atoms in total. The van der Waals surface area contributed by atoms with E-state index in [0.717, 1.165) is 17.9 Å². The first kappa shape index (κ1) is 8.84. The topological polar surface area (TPSA) is 51.2 Å². The number of hydrogen-bond acceptors (Lipinski definition) is 3. The SMILES string of the molecule is NNc1ccc(Cc2ccco2)cc1. The summed E-state index contributed by atoms with van der Waals surface area (Å²) in [5.41, 5.74) is 4.71. The van der Waals surface area contributed by atoms with Crippen molar-refractivity contribution in [1.82, 2.24) is 0 Å². The van der Waals surface area contributed by atoms with Crippen molar-refractivity contribution in [2.45, 2.75) is 6.42 Å². The van der Waals surface area contributed by atoms with Gasteiger partial charge in [-0.3, -0.25) is 5.84 Å². The zero-order valence-electron chi connectivity index (χ0n) is 7.73. The van der Waals surface area contributed by atoms with Gasteiger partial charge in [-0.15, -0.1) is 0 Å². The van der Waals surface area contributed by atoms with E-state index in [4.69, 9.17) is 10.3 Å². The molecule has 14 heavy (non-hydrogen) atoms. The highest BCUT2D eigenvalue weighted by Gasteiger charge is 1.98. The van der Waals surface area contributed by atoms with Gasteiger partial charge in [-0.05, 0) is 29.8 Å². The van der Waals surface area contributed by atoms with E-state index in [-0.39, 0.29) is 0 Å². The second kappa shape index (κ2) is 3.98. The molecule has 2 rings (SSSR count). The Morgan fingerprint density at radius 2 is 1.93 bits per heavy atom. The second-order valence-electron chi connectivity index (χ2n) is 3.10. The van der Waals surface area contributed by atoms with Crippen molar-refractivity contribution >= 4 is 5.69 Å². The average molecular weight is 188 g/mol. The lowest BCUT2D eigenvalue weighted by Crippen LogP contribution is -2.06. The summed E-state index contributed by atoms with van der Waals surface area (Å²) in [6.45, 7) is 0. The minimum atomic E-state index is 0.817. The number of hydrogen-bond donors (Lipinski definition) is 2. The molecule has 0 radical (unpaired) electrons. The van der Waals surface area contributed by atoms with Crippen molar-refractivity contribution in [3.8, 4) is 0 Å². The van der Waals surface area contributed by atoms with Crippen LogP contribution in [-0.2, 0) is 6.42 Å². The maximum absolute atomic E-state index is 5.27. The Balaban J connectivity index is 2.10. The van der Waals surface area contributed by atoms with Crippen LogP contribution in [0.1, 0.15) is 11.3 Å². The Hall–Kier alpha value is -1.74. The summed E-state index contributed by atoms with van der Waals surface area (Å²) >= 11 is 0. The Labute approximate surface area is 82.5 Å². The Kier molecular flexibility index (Phi) is 2.51. The molecule has 0 amide bonds. The number of benzene rings is 1. The second-order valence-corrected chi connectivity index (χ2v) is 3.10. The van der Waals surface area contributed by atoms with Crippen LogP contribution in [0, 0.1) is 0 Å². The summed E-state index contributed by atoms with van der Waals surface area (Å²) in [6, 6.07) is 11.8. The first-order valence-corrected chi connectivity index (χ1v) is 4.46. The fraction of sp³-hybridized carbons (Fsp3) is 0.0909. The van der Waals surface area contributed by atoms with E-state index < -0.39 is 0 Å². The van der Waals surface area contributed by atoms with Gasteiger partial charge in [0.2, 0.25) is 0 Å². The fourth-order valence-electron chi connectivity index (χ4n) is 1.33. The van der Waals surface area contributed by atoms with Gasteiger partial charge in [0.25, 0.3) is 0 Å². The molecule has 0 saturated carbocycles. The highest BCUT2D eigenvalue weighted by molar-refractivity contribution is 5.43. The fourth-order valence-corrected chi connectivity index (χ4v) is 1.33. The van der Waals surface area contributed by atoms with E-state index >= 15 is 0 Å². The molecule has 0 spiro atoms. The number of rotatable bonds is 3. The van der Waals surface area contributed by atoms with Crippen molar-refractivity contribution in [3.63, 3.8) is 0 Å². The van der Waals surface area contributed by atoms with Crippen LogP contribution < -0.4 is 11.3 Å². The smallest absolute Gasteiger partial charge is 0.108 e. The first-order chi connectivity index (χ1) is 6.88. The van der Waals surface area contributed by atoms with Gasteiger partial charge in [0, 0.05) is 12.1 Å². The molecule has 0 aliphatic carbocycles. The summed E-state index contributed by atoms with van der Waals surface area (Å²) in [6.07, 6.45) is 2.50. The molecule has 0 atom stereocenters. The molecule has 72 valence electrons. The lowest BCUT2D eigenvalue weighted by atomic mass is 10.1. The third kappa shape index (κ3) is 1.95. The third-order valence-corrected chi connectivity index (χ3v) is 2.08. The van der Waals surface area contributed by atoms with Gasteiger partial charge in [-0.1, -0.05) is 12.1 Å². The van der Waals surface area contributed by atoms with E-state index in [2.05, 4.69) is 5.43 Å². The Morgan fingerprint density at radius 3 is 2.50 bits per heavy atom. The molecule has 0 bridgehead atoms. The summed E-state index contributed by atoms with van der Waals surface area (Å²) in [5.74, 6) is 6.24. The predicted octanol–water partition coefficient (Wildman–Crippen LogP) is 2.16. The van der Waals surface area contributed by atoms with Crippen LogP contribution in [0.4, 0.5) is 5.69 Å². The van der Waals surface area contributed by atoms with Crippen molar-refractivity contribution in [2.24, 2.45) is 5.84 Å². The maximum atomic E-state index is 5.27. The summed E-state index contributed by atoms with van der Waals surface area (Å²) in [4.78, 5) is 0. The van der Waals surface area contributed by atoms with E-state index in [9.17, 15) is 0 Å². The van der Waals surface area contributed by atoms with Crippen molar-refractivity contribution < 1.29 is 4.42 Å². The lowest BCUT2D eigenvalue weighted by molar-refractivity contribution is 0.521. The minimum Gasteiger partial charge on any atom is -0.469 e. The van der Waals surface area contributed by atoms with E-state index in [1.165, 1.54) is 5.56 Å². The van der Waals surface area contributed by atoms with Gasteiger partial charge in [-0.25, -0.2) is 0 Å². The summed E-state index contributed by atoms with van der Waals surface area (Å²) in [7, 11) is 0. The number of nitrogens with two attached hydrogens (primary N) is 1. The molecule has 1 aromatic heterocycles. The number of anilines is 1. The van der Waals surface area contributed by atoms with Crippen LogP contribution in [0.3, 0.4) is 0 Å².